The smallest absolute Gasteiger partial charge is 0.227 e. The predicted molar refractivity (Wildman–Crippen MR) is 224 cm³/mol. The van der Waals surface area contributed by atoms with Crippen LogP contribution in [0.25, 0.3) is 82.5 Å². The summed E-state index contributed by atoms with van der Waals surface area (Å²) in [5.74, 6) is 0.633. The molecule has 0 bridgehead atoms. The van der Waals surface area contributed by atoms with E-state index in [9.17, 15) is 0 Å². The molecule has 0 saturated carbocycles. The van der Waals surface area contributed by atoms with E-state index < -0.39 is 0 Å². The monoisotopic (exact) mass is 691 g/mol. The Bertz CT molecular complexity index is 3310. The molecular formula is C50H33N3O. The van der Waals surface area contributed by atoms with Crippen molar-refractivity contribution >= 4 is 77.0 Å². The number of para-hydroxylation sites is 1. The highest BCUT2D eigenvalue weighted by Crippen LogP contribution is 2.52. The molecule has 11 aromatic rings. The second-order valence-corrected chi connectivity index (χ2v) is 15.2. The van der Waals surface area contributed by atoms with Crippen LogP contribution in [-0.2, 0) is 5.41 Å². The summed E-state index contributed by atoms with van der Waals surface area (Å²) >= 11 is 0. The lowest BCUT2D eigenvalue weighted by Crippen LogP contribution is -2.16. The van der Waals surface area contributed by atoms with Crippen LogP contribution in [-0.4, -0.2) is 9.38 Å². The van der Waals surface area contributed by atoms with Crippen LogP contribution in [0.4, 0.5) is 17.1 Å². The van der Waals surface area contributed by atoms with Gasteiger partial charge in [-0.3, -0.25) is 0 Å². The van der Waals surface area contributed by atoms with Crippen LogP contribution in [0.3, 0.4) is 0 Å². The number of rotatable bonds is 4. The van der Waals surface area contributed by atoms with E-state index in [1.165, 1.54) is 54.8 Å². The number of anilines is 3. The van der Waals surface area contributed by atoms with Crippen LogP contribution in [0.5, 0.6) is 0 Å². The summed E-state index contributed by atoms with van der Waals surface area (Å²) in [4.78, 5) is 7.53. The molecule has 4 heteroatoms. The Hall–Kier alpha value is -6.91. The number of oxazole rings is 1. The Morgan fingerprint density at radius 1 is 0.556 bits per heavy atom. The van der Waals surface area contributed by atoms with Crippen molar-refractivity contribution in [3.05, 3.63) is 175 Å². The molecule has 0 radical (unpaired) electrons. The molecule has 4 nitrogen and oxygen atoms in total. The highest BCUT2D eigenvalue weighted by molar-refractivity contribution is 6.30. The number of aromatic nitrogens is 2. The summed E-state index contributed by atoms with van der Waals surface area (Å²) in [6.45, 7) is 4.70. The van der Waals surface area contributed by atoms with E-state index in [0.29, 0.717) is 5.89 Å². The first kappa shape index (κ1) is 29.6. The molecule has 0 aliphatic heterocycles. The van der Waals surface area contributed by atoms with Crippen molar-refractivity contribution in [2.24, 2.45) is 0 Å². The lowest BCUT2D eigenvalue weighted by atomic mass is 9.82. The number of hydrogen-bond donors (Lipinski definition) is 0. The van der Waals surface area contributed by atoms with Crippen LogP contribution in [0, 0.1) is 0 Å². The van der Waals surface area contributed by atoms with E-state index >= 15 is 0 Å². The van der Waals surface area contributed by atoms with Gasteiger partial charge in [-0.1, -0.05) is 117 Å². The maximum Gasteiger partial charge on any atom is 0.227 e. The van der Waals surface area contributed by atoms with Gasteiger partial charge in [0, 0.05) is 43.9 Å². The van der Waals surface area contributed by atoms with E-state index in [2.05, 4.69) is 169 Å². The summed E-state index contributed by atoms with van der Waals surface area (Å²) in [7, 11) is 0. The van der Waals surface area contributed by atoms with E-state index in [4.69, 9.17) is 9.40 Å². The van der Waals surface area contributed by atoms with Gasteiger partial charge in [-0.2, -0.15) is 0 Å². The molecule has 8 aromatic carbocycles. The maximum atomic E-state index is 6.76. The highest BCUT2D eigenvalue weighted by Gasteiger charge is 2.36. The van der Waals surface area contributed by atoms with Crippen molar-refractivity contribution in [2.45, 2.75) is 19.3 Å². The number of hydrogen-bond acceptors (Lipinski definition) is 3. The average molecular weight is 692 g/mol. The molecule has 0 saturated heterocycles. The minimum absolute atomic E-state index is 0.126. The van der Waals surface area contributed by atoms with Crippen LogP contribution in [0.15, 0.2) is 168 Å². The maximum absolute atomic E-state index is 6.76. The topological polar surface area (TPSA) is 33.7 Å². The fourth-order valence-electron chi connectivity index (χ4n) is 9.44. The van der Waals surface area contributed by atoms with Gasteiger partial charge in [0.1, 0.15) is 5.52 Å². The van der Waals surface area contributed by atoms with Crippen molar-refractivity contribution in [3.8, 4) is 22.6 Å². The highest BCUT2D eigenvalue weighted by atomic mass is 16.3. The van der Waals surface area contributed by atoms with E-state index in [0.717, 1.165) is 50.0 Å². The first-order chi connectivity index (χ1) is 26.5. The number of fused-ring (bicyclic) bond motifs is 12. The molecule has 0 atom stereocenters. The van der Waals surface area contributed by atoms with Crippen LogP contribution < -0.4 is 4.90 Å². The molecule has 0 spiro atoms. The Morgan fingerprint density at radius 3 is 2.17 bits per heavy atom. The summed E-state index contributed by atoms with van der Waals surface area (Å²) in [6, 6.07) is 59.3. The molecule has 0 fully saturated rings. The summed E-state index contributed by atoms with van der Waals surface area (Å²) < 4.78 is 9.18. The second-order valence-electron chi connectivity index (χ2n) is 15.2. The lowest BCUT2D eigenvalue weighted by Gasteiger charge is -2.29. The van der Waals surface area contributed by atoms with Crippen molar-refractivity contribution in [1.29, 1.82) is 0 Å². The molecule has 1 aliphatic carbocycles. The van der Waals surface area contributed by atoms with Gasteiger partial charge in [-0.15, -0.1) is 0 Å². The molecule has 0 unspecified atom stereocenters. The quantitative estimate of drug-likeness (QED) is 0.184. The third-order valence-corrected chi connectivity index (χ3v) is 11.9. The standard InChI is InChI=1S/C50H33N3O/c1-50(2)40-20-10-8-18-35(40)36-25-23-33(28-41(36)50)52(43-22-12-16-30-13-6-7-17-34(30)43)32-24-26-45-39(27-32)46-47-38(37-19-9-11-21-44(37)53(45)47)29-42-48(46)54-49(51-42)31-14-4-3-5-15-31/h3-29H,1-2H3. The van der Waals surface area contributed by atoms with Crippen LogP contribution >= 0.6 is 0 Å². The van der Waals surface area contributed by atoms with Crippen LogP contribution in [0.1, 0.15) is 25.0 Å². The minimum Gasteiger partial charge on any atom is -0.435 e. The zero-order valence-electron chi connectivity index (χ0n) is 29.8. The Kier molecular flexibility index (Phi) is 5.81. The molecule has 3 heterocycles. The number of benzene rings is 8. The van der Waals surface area contributed by atoms with E-state index in [-0.39, 0.29) is 5.41 Å². The predicted octanol–water partition coefficient (Wildman–Crippen LogP) is 13.6. The van der Waals surface area contributed by atoms with Gasteiger partial charge < -0.3 is 13.7 Å². The zero-order valence-corrected chi connectivity index (χ0v) is 29.8. The fraction of sp³-hybridized carbons (Fsp3) is 0.0600. The first-order valence-corrected chi connectivity index (χ1v) is 18.6. The molecule has 0 N–H and O–H groups in total. The molecule has 0 amide bonds. The zero-order chi connectivity index (χ0) is 35.7. The fourth-order valence-corrected chi connectivity index (χ4v) is 9.44. The second kappa shape index (κ2) is 10.6. The third-order valence-electron chi connectivity index (χ3n) is 11.9. The molecule has 1 aliphatic rings. The van der Waals surface area contributed by atoms with Crippen molar-refractivity contribution < 1.29 is 4.42 Å². The van der Waals surface area contributed by atoms with Crippen LogP contribution in [0.2, 0.25) is 0 Å². The van der Waals surface area contributed by atoms with E-state index in [1.807, 2.05) is 18.2 Å². The molecule has 54 heavy (non-hydrogen) atoms. The minimum atomic E-state index is -0.126. The van der Waals surface area contributed by atoms with Crippen molar-refractivity contribution in [2.75, 3.05) is 4.90 Å². The lowest BCUT2D eigenvalue weighted by molar-refractivity contribution is 0.623. The van der Waals surface area contributed by atoms with Gasteiger partial charge >= 0.3 is 0 Å². The van der Waals surface area contributed by atoms with Crippen molar-refractivity contribution in [1.82, 2.24) is 9.38 Å². The summed E-state index contributed by atoms with van der Waals surface area (Å²) in [6.07, 6.45) is 0. The van der Waals surface area contributed by atoms with Gasteiger partial charge in [-0.05, 0) is 88.3 Å². The third kappa shape index (κ3) is 3.89. The molecule has 254 valence electrons. The van der Waals surface area contributed by atoms with Crippen molar-refractivity contribution in [3.63, 3.8) is 0 Å². The summed E-state index contributed by atoms with van der Waals surface area (Å²) in [5, 5.41) is 7.04. The van der Waals surface area contributed by atoms with Gasteiger partial charge in [0.25, 0.3) is 0 Å². The number of nitrogens with zero attached hydrogens (tertiary/aromatic N) is 3. The Morgan fingerprint density at radius 2 is 1.26 bits per heavy atom. The molecule has 12 rings (SSSR count). The van der Waals surface area contributed by atoms with Gasteiger partial charge in [0.05, 0.1) is 27.6 Å². The SMILES string of the molecule is CC1(C)c2ccccc2-c2ccc(N(c3ccc4c(c3)c3c5oc(-c6ccccc6)nc5cc5c6ccccc6n4c53)c3cccc4ccccc34)cc21. The molecule has 3 aromatic heterocycles. The van der Waals surface area contributed by atoms with E-state index in [1.54, 1.807) is 0 Å². The van der Waals surface area contributed by atoms with Gasteiger partial charge in [0.2, 0.25) is 5.89 Å². The molecular weight excluding hydrogens is 659 g/mol. The summed E-state index contributed by atoms with van der Waals surface area (Å²) in [5.41, 5.74) is 14.7. The average Bonchev–Trinajstić information content (AvgIpc) is 3.95. The first-order valence-electron chi connectivity index (χ1n) is 18.6. The Balaban J connectivity index is 1.17. The Labute approximate surface area is 311 Å². The van der Waals surface area contributed by atoms with Gasteiger partial charge in [0.15, 0.2) is 5.58 Å². The van der Waals surface area contributed by atoms with Gasteiger partial charge in [-0.25, -0.2) is 4.98 Å². The largest absolute Gasteiger partial charge is 0.435 e. The normalized spacial score (nSPS) is 13.5.